The maximum atomic E-state index is 12.4. The maximum Gasteiger partial charge on any atom is 0.339 e. The van der Waals surface area contributed by atoms with E-state index in [9.17, 15) is 9.59 Å². The lowest BCUT2D eigenvalue weighted by Gasteiger charge is -2.02. The van der Waals surface area contributed by atoms with Gasteiger partial charge in [0.25, 0.3) is 5.91 Å². The lowest BCUT2D eigenvalue weighted by molar-refractivity contribution is 0.0599. The van der Waals surface area contributed by atoms with Gasteiger partial charge in [0.2, 0.25) is 0 Å². The number of aromatic nitrogens is 2. The van der Waals surface area contributed by atoms with Gasteiger partial charge in [-0.2, -0.15) is 0 Å². The minimum atomic E-state index is -0.449. The lowest BCUT2D eigenvalue weighted by Crippen LogP contribution is -2.14. The Kier molecular flexibility index (Phi) is 3.74. The van der Waals surface area contributed by atoms with Gasteiger partial charge in [-0.3, -0.25) is 10.1 Å². The third-order valence-corrected chi connectivity index (χ3v) is 4.57. The number of H-pyrrole nitrogens is 1. The predicted octanol–water partition coefficient (Wildman–Crippen LogP) is 3.00. The number of aromatic amines is 1. The fourth-order valence-corrected chi connectivity index (χ4v) is 3.24. The quantitative estimate of drug-likeness (QED) is 0.849. The first-order valence-corrected chi connectivity index (χ1v) is 7.93. The van der Waals surface area contributed by atoms with Gasteiger partial charge in [0, 0.05) is 17.0 Å². The number of rotatable bonds is 4. The normalized spacial score (nSPS) is 14.0. The van der Waals surface area contributed by atoms with E-state index < -0.39 is 5.97 Å². The highest BCUT2D eigenvalue weighted by Gasteiger charge is 2.27. The van der Waals surface area contributed by atoms with Gasteiger partial charge in [-0.15, -0.1) is 11.3 Å². The Bertz CT molecular complexity index is 743. The molecule has 0 atom stereocenters. The Morgan fingerprint density at radius 3 is 2.77 bits per heavy atom. The van der Waals surface area contributed by atoms with E-state index in [1.165, 1.54) is 31.3 Å². The highest BCUT2D eigenvalue weighted by Crippen LogP contribution is 2.40. The molecule has 0 radical (unpaired) electrons. The molecule has 0 aliphatic heterocycles. The SMILES string of the molecule is COC(=O)c1c(C)[nH]c(C(=O)Nc2nc(C3CC3)cs2)c1C. The molecule has 3 rings (SSSR count). The van der Waals surface area contributed by atoms with Crippen molar-refractivity contribution in [3.63, 3.8) is 0 Å². The number of carbonyl (C=O) groups is 2. The molecule has 0 bridgehead atoms. The van der Waals surface area contributed by atoms with Crippen LogP contribution in [0.25, 0.3) is 0 Å². The Morgan fingerprint density at radius 1 is 1.41 bits per heavy atom. The molecule has 2 aromatic heterocycles. The lowest BCUT2D eigenvalue weighted by atomic mass is 10.1. The van der Waals surface area contributed by atoms with Gasteiger partial charge in [-0.1, -0.05) is 0 Å². The molecule has 116 valence electrons. The molecular weight excluding hydrogens is 302 g/mol. The van der Waals surface area contributed by atoms with Crippen LogP contribution in [0, 0.1) is 13.8 Å². The summed E-state index contributed by atoms with van der Waals surface area (Å²) in [5, 5.41) is 5.35. The standard InChI is InChI=1S/C15H17N3O3S/c1-7-11(14(20)21-3)8(2)16-12(7)13(19)18-15-17-10(6-22-15)9-4-5-9/h6,9,16H,4-5H2,1-3H3,(H,17,18,19). The minimum absolute atomic E-state index is 0.299. The number of carbonyl (C=O) groups excluding carboxylic acids is 2. The van der Waals surface area contributed by atoms with Crippen molar-refractivity contribution in [1.29, 1.82) is 0 Å². The molecule has 0 unspecified atom stereocenters. The Morgan fingerprint density at radius 2 is 2.14 bits per heavy atom. The summed E-state index contributed by atoms with van der Waals surface area (Å²) in [4.78, 5) is 31.5. The number of anilines is 1. The minimum Gasteiger partial charge on any atom is -0.465 e. The maximum absolute atomic E-state index is 12.4. The molecule has 0 aromatic carbocycles. The number of esters is 1. The first-order valence-electron chi connectivity index (χ1n) is 7.05. The van der Waals surface area contributed by atoms with E-state index in [4.69, 9.17) is 4.74 Å². The van der Waals surface area contributed by atoms with E-state index in [0.717, 1.165) is 5.69 Å². The number of hydrogen-bond acceptors (Lipinski definition) is 5. The highest BCUT2D eigenvalue weighted by atomic mass is 32.1. The molecule has 1 saturated carbocycles. The molecule has 7 heteroatoms. The van der Waals surface area contributed by atoms with Gasteiger partial charge in [0.05, 0.1) is 18.4 Å². The van der Waals surface area contributed by atoms with Crippen LogP contribution >= 0.6 is 11.3 Å². The average molecular weight is 319 g/mol. The fourth-order valence-electron chi connectivity index (χ4n) is 2.46. The van der Waals surface area contributed by atoms with Crippen molar-refractivity contribution in [2.24, 2.45) is 0 Å². The smallest absolute Gasteiger partial charge is 0.339 e. The second kappa shape index (κ2) is 5.57. The third kappa shape index (κ3) is 2.64. The largest absolute Gasteiger partial charge is 0.465 e. The zero-order chi connectivity index (χ0) is 15.9. The molecule has 2 aromatic rings. The number of aryl methyl sites for hydroxylation is 1. The number of hydrogen-bond donors (Lipinski definition) is 2. The molecule has 1 fully saturated rings. The van der Waals surface area contributed by atoms with Crippen LogP contribution in [0.15, 0.2) is 5.38 Å². The monoisotopic (exact) mass is 319 g/mol. The van der Waals surface area contributed by atoms with Crippen molar-refractivity contribution in [1.82, 2.24) is 9.97 Å². The fraction of sp³-hybridized carbons (Fsp3) is 0.400. The third-order valence-electron chi connectivity index (χ3n) is 3.79. The van der Waals surface area contributed by atoms with Crippen LogP contribution in [0.3, 0.4) is 0 Å². The van der Waals surface area contributed by atoms with E-state index in [-0.39, 0.29) is 5.91 Å². The van der Waals surface area contributed by atoms with Crippen molar-refractivity contribution < 1.29 is 14.3 Å². The van der Waals surface area contributed by atoms with Crippen molar-refractivity contribution in [2.45, 2.75) is 32.6 Å². The summed E-state index contributed by atoms with van der Waals surface area (Å²) in [5.74, 6) is -0.190. The van der Waals surface area contributed by atoms with Gasteiger partial charge >= 0.3 is 5.97 Å². The molecule has 2 heterocycles. The van der Waals surface area contributed by atoms with Gasteiger partial charge in [-0.05, 0) is 32.3 Å². The second-order valence-electron chi connectivity index (χ2n) is 5.42. The van der Waals surface area contributed by atoms with E-state index in [0.29, 0.717) is 33.6 Å². The predicted molar refractivity (Wildman–Crippen MR) is 83.6 cm³/mol. The number of nitrogens with one attached hydrogen (secondary N) is 2. The first kappa shape index (κ1) is 14.8. The van der Waals surface area contributed by atoms with Gasteiger partial charge in [0.15, 0.2) is 5.13 Å². The summed E-state index contributed by atoms with van der Waals surface area (Å²) in [7, 11) is 1.32. The molecule has 2 N–H and O–H groups in total. The number of ether oxygens (including phenoxy) is 1. The summed E-state index contributed by atoms with van der Waals surface area (Å²) >= 11 is 1.42. The summed E-state index contributed by atoms with van der Waals surface area (Å²) in [6.45, 7) is 3.47. The zero-order valence-corrected chi connectivity index (χ0v) is 13.5. The molecule has 22 heavy (non-hydrogen) atoms. The van der Waals surface area contributed by atoms with E-state index >= 15 is 0 Å². The van der Waals surface area contributed by atoms with Crippen LogP contribution < -0.4 is 5.32 Å². The summed E-state index contributed by atoms with van der Waals surface area (Å²) in [6, 6.07) is 0. The van der Waals surface area contributed by atoms with Crippen molar-refractivity contribution in [2.75, 3.05) is 12.4 Å². The number of amides is 1. The van der Waals surface area contributed by atoms with Gasteiger partial charge in [-0.25, -0.2) is 9.78 Å². The van der Waals surface area contributed by atoms with Gasteiger partial charge in [0.1, 0.15) is 5.69 Å². The van der Waals surface area contributed by atoms with Gasteiger partial charge < -0.3 is 9.72 Å². The second-order valence-corrected chi connectivity index (χ2v) is 6.28. The molecular formula is C15H17N3O3S. The number of thiazole rings is 1. The topological polar surface area (TPSA) is 84.1 Å². The van der Waals surface area contributed by atoms with Crippen LogP contribution in [0.4, 0.5) is 5.13 Å². The van der Waals surface area contributed by atoms with Crippen LogP contribution in [0.2, 0.25) is 0 Å². The van der Waals surface area contributed by atoms with Crippen molar-refractivity contribution in [3.8, 4) is 0 Å². The number of nitrogens with zero attached hydrogens (tertiary/aromatic N) is 1. The van der Waals surface area contributed by atoms with E-state index in [2.05, 4.69) is 15.3 Å². The summed E-state index contributed by atoms with van der Waals surface area (Å²) in [6.07, 6.45) is 2.35. The zero-order valence-electron chi connectivity index (χ0n) is 12.6. The van der Waals surface area contributed by atoms with E-state index in [1.807, 2.05) is 5.38 Å². The average Bonchev–Trinajstić information content (AvgIpc) is 3.17. The van der Waals surface area contributed by atoms with Crippen molar-refractivity contribution in [3.05, 3.63) is 33.6 Å². The summed E-state index contributed by atoms with van der Waals surface area (Å²) in [5.41, 5.74) is 3.02. The van der Waals surface area contributed by atoms with Crippen LogP contribution in [0.1, 0.15) is 56.6 Å². The molecule has 6 nitrogen and oxygen atoms in total. The summed E-state index contributed by atoms with van der Waals surface area (Å²) < 4.78 is 4.74. The Labute approximate surface area is 131 Å². The van der Waals surface area contributed by atoms with Crippen LogP contribution in [0.5, 0.6) is 0 Å². The van der Waals surface area contributed by atoms with Crippen molar-refractivity contribution >= 4 is 28.3 Å². The highest BCUT2D eigenvalue weighted by molar-refractivity contribution is 7.14. The Hall–Kier alpha value is -2.15. The molecule has 1 aliphatic carbocycles. The molecule has 0 saturated heterocycles. The first-order chi connectivity index (χ1) is 10.5. The van der Waals surface area contributed by atoms with Crippen LogP contribution in [-0.4, -0.2) is 29.0 Å². The Balaban J connectivity index is 1.80. The van der Waals surface area contributed by atoms with Crippen LogP contribution in [-0.2, 0) is 4.74 Å². The number of methoxy groups -OCH3 is 1. The molecule has 0 spiro atoms. The van der Waals surface area contributed by atoms with E-state index in [1.54, 1.807) is 13.8 Å². The molecule has 1 amide bonds. The molecule has 1 aliphatic rings.